The molecule has 0 radical (unpaired) electrons. The summed E-state index contributed by atoms with van der Waals surface area (Å²) in [6.45, 7) is 9.56. The molecule has 1 spiro atoms. The largest absolute Gasteiger partial charge is 0.376 e. The van der Waals surface area contributed by atoms with Gasteiger partial charge in [0.05, 0.1) is 12.2 Å². The van der Waals surface area contributed by atoms with Crippen LogP contribution in [0.1, 0.15) is 72.1 Å². The Morgan fingerprint density at radius 2 is 1.55 bits per heavy atom. The summed E-state index contributed by atoms with van der Waals surface area (Å²) in [7, 11) is 0. The normalized spacial score (nSPS) is 35.4. The number of nitrogens with zero attached hydrogens (tertiary/aromatic N) is 1. The van der Waals surface area contributed by atoms with Crippen molar-refractivity contribution in [2.24, 2.45) is 11.3 Å². The van der Waals surface area contributed by atoms with E-state index < -0.39 is 0 Å². The van der Waals surface area contributed by atoms with Gasteiger partial charge in [0.2, 0.25) is 0 Å². The zero-order valence-corrected chi connectivity index (χ0v) is 13.7. The molecule has 0 aromatic rings. The van der Waals surface area contributed by atoms with Crippen LogP contribution in [0.15, 0.2) is 0 Å². The Balaban J connectivity index is 1.41. The van der Waals surface area contributed by atoms with E-state index in [9.17, 15) is 0 Å². The first kappa shape index (κ1) is 14.8. The van der Waals surface area contributed by atoms with E-state index in [1.54, 1.807) is 0 Å². The molecule has 2 saturated carbocycles. The summed E-state index contributed by atoms with van der Waals surface area (Å²) in [5.74, 6) is 0.985. The maximum atomic E-state index is 5.97. The molecule has 0 N–H and O–H groups in total. The molecule has 0 amide bonds. The number of hydrogen-bond donors (Lipinski definition) is 0. The van der Waals surface area contributed by atoms with Crippen LogP contribution in [0.3, 0.4) is 0 Å². The second-order valence-electron chi connectivity index (χ2n) is 8.20. The van der Waals surface area contributed by atoms with Gasteiger partial charge in [-0.15, -0.1) is 0 Å². The molecule has 1 aliphatic heterocycles. The molecule has 0 aromatic carbocycles. The van der Waals surface area contributed by atoms with Gasteiger partial charge in [-0.2, -0.15) is 0 Å². The first-order valence-electron chi connectivity index (χ1n) is 8.96. The molecule has 2 heteroatoms. The lowest BCUT2D eigenvalue weighted by Gasteiger charge is -2.57. The van der Waals surface area contributed by atoms with Crippen molar-refractivity contribution in [1.82, 2.24) is 4.90 Å². The lowest BCUT2D eigenvalue weighted by Crippen LogP contribution is -2.61. The van der Waals surface area contributed by atoms with Crippen molar-refractivity contribution < 1.29 is 4.74 Å². The van der Waals surface area contributed by atoms with Crippen molar-refractivity contribution in [3.05, 3.63) is 0 Å². The minimum atomic E-state index is 0.396. The molecule has 1 heterocycles. The van der Waals surface area contributed by atoms with Crippen LogP contribution in [-0.4, -0.2) is 36.2 Å². The average molecular weight is 279 g/mol. The van der Waals surface area contributed by atoms with Crippen LogP contribution in [0, 0.1) is 11.3 Å². The fourth-order valence-electron chi connectivity index (χ4n) is 4.70. The minimum absolute atomic E-state index is 0.396. The Bertz CT molecular complexity index is 303. The predicted molar refractivity (Wildman–Crippen MR) is 83.9 cm³/mol. The molecule has 2 aliphatic carbocycles. The first-order valence-corrected chi connectivity index (χ1v) is 8.96. The fourth-order valence-corrected chi connectivity index (χ4v) is 4.70. The summed E-state index contributed by atoms with van der Waals surface area (Å²) >= 11 is 0. The van der Waals surface area contributed by atoms with Crippen molar-refractivity contribution in [3.63, 3.8) is 0 Å². The van der Waals surface area contributed by atoms with Gasteiger partial charge in [0.1, 0.15) is 0 Å². The summed E-state index contributed by atoms with van der Waals surface area (Å²) in [5, 5.41) is 0. The molecule has 20 heavy (non-hydrogen) atoms. The number of ether oxygens (including phenoxy) is 1. The van der Waals surface area contributed by atoms with E-state index in [2.05, 4.69) is 25.7 Å². The Labute approximate surface area is 125 Å². The van der Waals surface area contributed by atoms with Gasteiger partial charge < -0.3 is 4.74 Å². The van der Waals surface area contributed by atoms with E-state index >= 15 is 0 Å². The highest BCUT2D eigenvalue weighted by Crippen LogP contribution is 2.47. The zero-order valence-electron chi connectivity index (χ0n) is 13.7. The molecule has 2 nitrogen and oxygen atoms in total. The molecule has 0 aromatic heterocycles. The van der Waals surface area contributed by atoms with E-state index in [4.69, 9.17) is 4.74 Å². The molecule has 1 saturated heterocycles. The molecule has 3 rings (SSSR count). The molecule has 0 unspecified atom stereocenters. The van der Waals surface area contributed by atoms with Crippen LogP contribution in [0.25, 0.3) is 0 Å². The van der Waals surface area contributed by atoms with E-state index in [1.807, 2.05) is 0 Å². The third-order valence-corrected chi connectivity index (χ3v) is 6.04. The summed E-state index contributed by atoms with van der Waals surface area (Å²) in [6, 6.07) is 0.868. The predicted octanol–water partition coefficient (Wildman–Crippen LogP) is 4.23. The molecule has 0 atom stereocenters. The molecular weight excluding hydrogens is 246 g/mol. The van der Waals surface area contributed by atoms with Gasteiger partial charge in [-0.1, -0.05) is 19.8 Å². The van der Waals surface area contributed by atoms with Crippen LogP contribution in [0.4, 0.5) is 0 Å². The first-order chi connectivity index (χ1) is 9.56. The maximum Gasteiger partial charge on any atom is 0.0579 e. The minimum Gasteiger partial charge on any atom is -0.376 e. The molecular formula is C18H33NO. The van der Waals surface area contributed by atoms with Crippen molar-refractivity contribution in [1.29, 1.82) is 0 Å². The van der Waals surface area contributed by atoms with E-state index in [1.165, 1.54) is 64.5 Å². The van der Waals surface area contributed by atoms with Gasteiger partial charge >= 0.3 is 0 Å². The average Bonchev–Trinajstić information content (AvgIpc) is 2.38. The van der Waals surface area contributed by atoms with Crippen molar-refractivity contribution in [3.8, 4) is 0 Å². The second kappa shape index (κ2) is 5.96. The summed E-state index contributed by atoms with van der Waals surface area (Å²) in [4.78, 5) is 2.79. The van der Waals surface area contributed by atoms with Crippen LogP contribution in [-0.2, 0) is 4.74 Å². The lowest BCUT2D eigenvalue weighted by atomic mass is 9.65. The van der Waals surface area contributed by atoms with Gasteiger partial charge in [0, 0.05) is 19.1 Å². The fraction of sp³-hybridized carbons (Fsp3) is 1.00. The van der Waals surface area contributed by atoms with Crippen molar-refractivity contribution >= 4 is 0 Å². The van der Waals surface area contributed by atoms with E-state index in [0.717, 1.165) is 17.4 Å². The second-order valence-corrected chi connectivity index (χ2v) is 8.20. The molecule has 116 valence electrons. The van der Waals surface area contributed by atoms with Crippen LogP contribution >= 0.6 is 0 Å². The maximum absolute atomic E-state index is 5.97. The third-order valence-electron chi connectivity index (χ3n) is 6.04. The highest BCUT2D eigenvalue weighted by molar-refractivity contribution is 5.00. The molecule has 3 fully saturated rings. The highest BCUT2D eigenvalue weighted by atomic mass is 16.5. The quantitative estimate of drug-likeness (QED) is 0.766. The van der Waals surface area contributed by atoms with Crippen LogP contribution in [0.5, 0.6) is 0 Å². The monoisotopic (exact) mass is 279 g/mol. The summed E-state index contributed by atoms with van der Waals surface area (Å²) in [6.07, 6.45) is 12.2. The zero-order chi connectivity index (χ0) is 14.2. The Morgan fingerprint density at radius 3 is 2.10 bits per heavy atom. The smallest absolute Gasteiger partial charge is 0.0579 e. The SMILES string of the molecule is CC1CCC2(CC1)CN(C1CCC(OC(C)C)CC1)C2. The van der Waals surface area contributed by atoms with E-state index in [0.29, 0.717) is 12.2 Å². The topological polar surface area (TPSA) is 12.5 Å². The Morgan fingerprint density at radius 1 is 0.950 bits per heavy atom. The number of likely N-dealkylation sites (tertiary alicyclic amines) is 1. The number of hydrogen-bond acceptors (Lipinski definition) is 2. The van der Waals surface area contributed by atoms with Gasteiger partial charge in [-0.25, -0.2) is 0 Å². The molecule has 0 bridgehead atoms. The summed E-state index contributed by atoms with van der Waals surface area (Å²) in [5.41, 5.74) is 0.734. The van der Waals surface area contributed by atoms with Crippen molar-refractivity contribution in [2.75, 3.05) is 13.1 Å². The van der Waals surface area contributed by atoms with Crippen LogP contribution in [0.2, 0.25) is 0 Å². The molecule has 3 aliphatic rings. The van der Waals surface area contributed by atoms with E-state index in [-0.39, 0.29) is 0 Å². The van der Waals surface area contributed by atoms with Gasteiger partial charge in [-0.3, -0.25) is 4.90 Å². The number of rotatable bonds is 3. The van der Waals surface area contributed by atoms with Gasteiger partial charge in [0.15, 0.2) is 0 Å². The standard InChI is InChI=1S/C18H33NO/c1-14(2)20-17-6-4-16(5-7-17)19-12-18(13-19)10-8-15(3)9-11-18/h14-17H,4-13H2,1-3H3. The summed E-state index contributed by atoms with van der Waals surface area (Å²) < 4.78 is 5.97. The van der Waals surface area contributed by atoms with Crippen molar-refractivity contribution in [2.45, 2.75) is 90.4 Å². The third kappa shape index (κ3) is 3.22. The highest BCUT2D eigenvalue weighted by Gasteiger charge is 2.46. The van der Waals surface area contributed by atoms with Gasteiger partial charge in [-0.05, 0) is 63.7 Å². The Hall–Kier alpha value is -0.0800. The van der Waals surface area contributed by atoms with Crippen LogP contribution < -0.4 is 0 Å². The lowest BCUT2D eigenvalue weighted by molar-refractivity contribution is -0.0862. The van der Waals surface area contributed by atoms with Gasteiger partial charge in [0.25, 0.3) is 0 Å². The Kier molecular flexibility index (Phi) is 4.42.